The summed E-state index contributed by atoms with van der Waals surface area (Å²) in [6.45, 7) is 0. The van der Waals surface area contributed by atoms with E-state index in [0.717, 1.165) is 18.4 Å². The van der Waals surface area contributed by atoms with E-state index in [2.05, 4.69) is 5.32 Å². The summed E-state index contributed by atoms with van der Waals surface area (Å²) >= 11 is 0. The first-order valence-electron chi connectivity index (χ1n) is 8.83. The van der Waals surface area contributed by atoms with Crippen molar-refractivity contribution in [2.24, 2.45) is 17.8 Å². The molecule has 1 unspecified atom stereocenters. The quantitative estimate of drug-likeness (QED) is 0.864. The van der Waals surface area contributed by atoms with Gasteiger partial charge in [0.05, 0.1) is 12.0 Å². The van der Waals surface area contributed by atoms with Crippen LogP contribution in [0.25, 0.3) is 0 Å². The van der Waals surface area contributed by atoms with E-state index in [1.54, 1.807) is 12.1 Å². The first-order chi connectivity index (χ1) is 11.5. The molecule has 0 saturated heterocycles. The van der Waals surface area contributed by atoms with Gasteiger partial charge in [0.25, 0.3) is 0 Å². The normalized spacial score (nSPS) is 25.5. The molecule has 0 aliphatic heterocycles. The number of carbonyl (C=O) groups is 2. The molecule has 1 aromatic rings. The Balaban J connectivity index is 1.63. The summed E-state index contributed by atoms with van der Waals surface area (Å²) in [5, 5.41) is 12.2. The zero-order valence-electron chi connectivity index (χ0n) is 13.7. The second-order valence-electron chi connectivity index (χ2n) is 7.12. The molecular weight excluding hydrogens is 309 g/mol. The molecule has 0 heterocycles. The van der Waals surface area contributed by atoms with Crippen LogP contribution in [-0.2, 0) is 9.59 Å². The van der Waals surface area contributed by atoms with Gasteiger partial charge in [-0.2, -0.15) is 0 Å². The van der Waals surface area contributed by atoms with E-state index < -0.39 is 5.97 Å². The Kier molecular flexibility index (Phi) is 5.17. The average molecular weight is 333 g/mol. The van der Waals surface area contributed by atoms with E-state index >= 15 is 0 Å². The summed E-state index contributed by atoms with van der Waals surface area (Å²) in [5.74, 6) is -1.02. The molecule has 0 bridgehead atoms. The molecule has 2 aliphatic rings. The van der Waals surface area contributed by atoms with E-state index in [0.29, 0.717) is 31.6 Å². The molecule has 0 aromatic heterocycles. The molecule has 5 heteroatoms. The minimum atomic E-state index is -0.757. The van der Waals surface area contributed by atoms with Gasteiger partial charge in [0.1, 0.15) is 5.82 Å². The van der Waals surface area contributed by atoms with Crippen LogP contribution in [0.1, 0.15) is 56.6 Å². The van der Waals surface area contributed by atoms with Crippen LogP contribution < -0.4 is 5.32 Å². The number of amides is 1. The zero-order valence-corrected chi connectivity index (χ0v) is 13.7. The highest BCUT2D eigenvalue weighted by Crippen LogP contribution is 2.38. The molecule has 130 valence electrons. The van der Waals surface area contributed by atoms with Crippen LogP contribution in [0, 0.1) is 23.6 Å². The van der Waals surface area contributed by atoms with E-state index in [1.165, 1.54) is 18.6 Å². The lowest BCUT2D eigenvalue weighted by molar-refractivity contribution is -0.144. The molecular formula is C19H24FNO3. The SMILES string of the molecule is O=C(O)C1CCC(C(=O)NC(c2ccc(F)cc2)C2CCC2)CC1. The van der Waals surface area contributed by atoms with Crippen molar-refractivity contribution >= 4 is 11.9 Å². The Bertz CT molecular complexity index is 589. The topological polar surface area (TPSA) is 66.4 Å². The third-order valence-electron chi connectivity index (χ3n) is 5.60. The van der Waals surface area contributed by atoms with E-state index in [1.807, 2.05) is 0 Å². The van der Waals surface area contributed by atoms with Crippen molar-refractivity contribution in [1.82, 2.24) is 5.32 Å². The van der Waals surface area contributed by atoms with Crippen LogP contribution in [0.4, 0.5) is 4.39 Å². The highest BCUT2D eigenvalue weighted by atomic mass is 19.1. The molecule has 0 radical (unpaired) electrons. The number of carboxylic acids is 1. The Morgan fingerprint density at radius 2 is 1.58 bits per heavy atom. The summed E-state index contributed by atoms with van der Waals surface area (Å²) in [6, 6.07) is 6.31. The van der Waals surface area contributed by atoms with E-state index in [-0.39, 0.29) is 29.6 Å². The summed E-state index contributed by atoms with van der Waals surface area (Å²) in [4.78, 5) is 23.7. The lowest BCUT2D eigenvalue weighted by atomic mass is 9.76. The maximum Gasteiger partial charge on any atom is 0.306 e. The maximum atomic E-state index is 13.2. The molecule has 2 N–H and O–H groups in total. The number of benzene rings is 1. The van der Waals surface area contributed by atoms with Crippen LogP contribution >= 0.6 is 0 Å². The number of nitrogens with one attached hydrogen (secondary N) is 1. The summed E-state index contributed by atoms with van der Waals surface area (Å²) in [6.07, 6.45) is 5.72. The third-order valence-corrected chi connectivity index (χ3v) is 5.60. The highest BCUT2D eigenvalue weighted by Gasteiger charge is 2.34. The number of carbonyl (C=O) groups excluding carboxylic acids is 1. The van der Waals surface area contributed by atoms with Crippen LogP contribution in [0.2, 0.25) is 0 Å². The molecule has 0 spiro atoms. The summed E-state index contributed by atoms with van der Waals surface area (Å²) in [5.41, 5.74) is 0.952. The predicted octanol–water partition coefficient (Wildman–Crippen LogP) is 3.67. The molecule has 3 rings (SSSR count). The van der Waals surface area contributed by atoms with Crippen molar-refractivity contribution in [3.8, 4) is 0 Å². The zero-order chi connectivity index (χ0) is 17.1. The first kappa shape index (κ1) is 16.9. The fourth-order valence-electron chi connectivity index (χ4n) is 3.79. The molecule has 2 aliphatic carbocycles. The Labute approximate surface area is 141 Å². The van der Waals surface area contributed by atoms with Gasteiger partial charge in [-0.1, -0.05) is 18.6 Å². The number of carboxylic acid groups (broad SMARTS) is 1. The van der Waals surface area contributed by atoms with Crippen LogP contribution in [0.5, 0.6) is 0 Å². The Morgan fingerprint density at radius 1 is 1.00 bits per heavy atom. The van der Waals surface area contributed by atoms with Gasteiger partial charge < -0.3 is 10.4 Å². The van der Waals surface area contributed by atoms with Gasteiger partial charge in [0.15, 0.2) is 0 Å². The molecule has 24 heavy (non-hydrogen) atoms. The van der Waals surface area contributed by atoms with Gasteiger partial charge in [0.2, 0.25) is 5.91 Å². The van der Waals surface area contributed by atoms with Crippen molar-refractivity contribution in [2.45, 2.75) is 51.0 Å². The van der Waals surface area contributed by atoms with Gasteiger partial charge in [-0.3, -0.25) is 9.59 Å². The second-order valence-corrected chi connectivity index (χ2v) is 7.12. The van der Waals surface area contributed by atoms with E-state index in [4.69, 9.17) is 5.11 Å². The molecule has 1 amide bonds. The molecule has 1 atom stereocenters. The fraction of sp³-hybridized carbons (Fsp3) is 0.579. The Hall–Kier alpha value is -1.91. The van der Waals surface area contributed by atoms with Gasteiger partial charge in [-0.05, 0) is 62.1 Å². The van der Waals surface area contributed by atoms with Gasteiger partial charge in [0, 0.05) is 5.92 Å². The van der Waals surface area contributed by atoms with Gasteiger partial charge in [-0.15, -0.1) is 0 Å². The highest BCUT2D eigenvalue weighted by molar-refractivity contribution is 5.79. The predicted molar refractivity (Wildman–Crippen MR) is 87.7 cm³/mol. The number of halogens is 1. The third kappa shape index (κ3) is 3.77. The second kappa shape index (κ2) is 7.32. The maximum absolute atomic E-state index is 13.2. The fourth-order valence-corrected chi connectivity index (χ4v) is 3.79. The van der Waals surface area contributed by atoms with Crippen molar-refractivity contribution < 1.29 is 19.1 Å². The van der Waals surface area contributed by atoms with Crippen molar-refractivity contribution in [3.05, 3.63) is 35.6 Å². The average Bonchev–Trinajstić information content (AvgIpc) is 2.53. The largest absolute Gasteiger partial charge is 0.481 e. The minimum Gasteiger partial charge on any atom is -0.481 e. The lowest BCUT2D eigenvalue weighted by Gasteiger charge is -2.36. The number of aliphatic carboxylic acids is 1. The molecule has 2 saturated carbocycles. The number of rotatable bonds is 5. The van der Waals surface area contributed by atoms with Crippen molar-refractivity contribution in [3.63, 3.8) is 0 Å². The number of hydrogen-bond acceptors (Lipinski definition) is 2. The summed E-state index contributed by atoms with van der Waals surface area (Å²) < 4.78 is 13.2. The molecule has 2 fully saturated rings. The number of hydrogen-bond donors (Lipinski definition) is 2. The monoisotopic (exact) mass is 333 g/mol. The molecule has 1 aromatic carbocycles. The molecule has 4 nitrogen and oxygen atoms in total. The van der Waals surface area contributed by atoms with E-state index in [9.17, 15) is 14.0 Å². The van der Waals surface area contributed by atoms with Crippen molar-refractivity contribution in [2.75, 3.05) is 0 Å². The first-order valence-corrected chi connectivity index (χ1v) is 8.83. The van der Waals surface area contributed by atoms with Gasteiger partial charge in [-0.25, -0.2) is 4.39 Å². The summed E-state index contributed by atoms with van der Waals surface area (Å²) in [7, 11) is 0. The van der Waals surface area contributed by atoms with Crippen LogP contribution in [0.15, 0.2) is 24.3 Å². The smallest absolute Gasteiger partial charge is 0.306 e. The Morgan fingerprint density at radius 3 is 2.08 bits per heavy atom. The standard InChI is InChI=1S/C19H24FNO3/c20-16-10-8-13(9-11-16)17(12-2-1-3-12)21-18(22)14-4-6-15(7-5-14)19(23)24/h8-12,14-15,17H,1-7H2,(H,21,22)(H,23,24). The van der Waals surface area contributed by atoms with Crippen LogP contribution in [-0.4, -0.2) is 17.0 Å². The van der Waals surface area contributed by atoms with Gasteiger partial charge >= 0.3 is 5.97 Å². The van der Waals surface area contributed by atoms with Crippen LogP contribution in [0.3, 0.4) is 0 Å². The lowest BCUT2D eigenvalue weighted by Crippen LogP contribution is -2.40. The minimum absolute atomic E-state index is 0.0139. The van der Waals surface area contributed by atoms with Crippen molar-refractivity contribution in [1.29, 1.82) is 0 Å².